The molecule has 0 saturated heterocycles. The van der Waals surface area contributed by atoms with Crippen molar-refractivity contribution in [2.45, 2.75) is 9.79 Å². The first-order valence-electron chi connectivity index (χ1n) is 5.73. The van der Waals surface area contributed by atoms with Gasteiger partial charge >= 0.3 is 0 Å². The first-order valence-corrected chi connectivity index (χ1v) is 8.44. The largest absolute Gasteiger partial charge is 0.278 e. The van der Waals surface area contributed by atoms with Crippen molar-refractivity contribution in [1.29, 1.82) is 5.26 Å². The highest BCUT2D eigenvalue weighted by Gasteiger charge is 2.19. The van der Waals surface area contributed by atoms with E-state index in [0.717, 1.165) is 4.90 Å². The van der Waals surface area contributed by atoms with Crippen LogP contribution in [0.2, 0.25) is 0 Å². The van der Waals surface area contributed by atoms with Gasteiger partial charge in [0.25, 0.3) is 10.0 Å². The van der Waals surface area contributed by atoms with Gasteiger partial charge in [-0.3, -0.25) is 4.72 Å². The maximum Gasteiger partial charge on any atom is 0.263 e. The van der Waals surface area contributed by atoms with Crippen LogP contribution in [0.25, 0.3) is 0 Å². The highest BCUT2D eigenvalue weighted by Crippen LogP contribution is 2.27. The van der Waals surface area contributed by atoms with Gasteiger partial charge in [-0.05, 0) is 30.5 Å². The second-order valence-corrected chi connectivity index (χ2v) is 6.41. The summed E-state index contributed by atoms with van der Waals surface area (Å²) in [4.78, 5) is 0.809. The van der Waals surface area contributed by atoms with E-state index in [-0.39, 0.29) is 10.5 Å². The van der Waals surface area contributed by atoms with E-state index >= 15 is 0 Å². The molecule has 0 radical (unpaired) electrons. The third-order valence-electron chi connectivity index (χ3n) is 2.65. The predicted octanol–water partition coefficient (Wildman–Crippen LogP) is 3.08. The number of nitrogens with zero attached hydrogens (tertiary/aromatic N) is 1. The Morgan fingerprint density at radius 1 is 1.10 bits per heavy atom. The Bertz CT molecular complexity index is 765. The third kappa shape index (κ3) is 2.95. The van der Waals surface area contributed by atoms with E-state index in [4.69, 9.17) is 5.26 Å². The summed E-state index contributed by atoms with van der Waals surface area (Å²) in [5, 5.41) is 9.00. The van der Waals surface area contributed by atoms with Crippen LogP contribution in [0, 0.1) is 11.3 Å². The highest BCUT2D eigenvalue weighted by atomic mass is 32.2. The fourth-order valence-corrected chi connectivity index (χ4v) is 3.58. The molecule has 0 aliphatic carbocycles. The number of sulfonamides is 1. The highest BCUT2D eigenvalue weighted by molar-refractivity contribution is 7.99. The second-order valence-electron chi connectivity index (χ2n) is 3.91. The molecule has 4 nitrogen and oxygen atoms in total. The van der Waals surface area contributed by atoms with Crippen molar-refractivity contribution in [3.63, 3.8) is 0 Å². The molecule has 2 aromatic rings. The molecular weight excluding hydrogens is 292 g/mol. The standard InChI is InChI=1S/C14H12N2O2S2/c1-19-13-8-4-3-7-12(13)16-20(17,18)14-9-5-2-6-11(14)10-15/h2-9,16H,1H3. The van der Waals surface area contributed by atoms with Crippen LogP contribution in [0.3, 0.4) is 0 Å². The zero-order chi connectivity index (χ0) is 14.6. The van der Waals surface area contributed by atoms with Crippen LogP contribution in [-0.2, 0) is 10.0 Å². The lowest BCUT2D eigenvalue weighted by atomic mass is 10.2. The minimum atomic E-state index is -3.77. The van der Waals surface area contributed by atoms with Crippen LogP contribution in [0.5, 0.6) is 0 Å². The molecule has 0 aliphatic heterocycles. The number of nitrogens with one attached hydrogen (secondary N) is 1. The SMILES string of the molecule is CSc1ccccc1NS(=O)(=O)c1ccccc1C#N. The van der Waals surface area contributed by atoms with Gasteiger partial charge in [-0.15, -0.1) is 11.8 Å². The van der Waals surface area contributed by atoms with Crippen molar-refractivity contribution in [2.75, 3.05) is 11.0 Å². The molecule has 1 N–H and O–H groups in total. The van der Waals surface area contributed by atoms with E-state index in [1.807, 2.05) is 24.5 Å². The van der Waals surface area contributed by atoms with E-state index in [1.165, 1.54) is 23.9 Å². The first-order chi connectivity index (χ1) is 9.58. The summed E-state index contributed by atoms with van der Waals surface area (Å²) in [6, 6.07) is 15.1. The molecule has 6 heteroatoms. The number of anilines is 1. The minimum Gasteiger partial charge on any atom is -0.278 e. The number of nitriles is 1. The summed E-state index contributed by atoms with van der Waals surface area (Å²) in [5.74, 6) is 0. The average Bonchev–Trinajstić information content (AvgIpc) is 2.47. The molecule has 0 heterocycles. The summed E-state index contributed by atoms with van der Waals surface area (Å²) < 4.78 is 27.3. The second kappa shape index (κ2) is 5.99. The summed E-state index contributed by atoms with van der Waals surface area (Å²) in [5.41, 5.74) is 0.634. The monoisotopic (exact) mass is 304 g/mol. The molecule has 2 rings (SSSR count). The van der Waals surface area contributed by atoms with Gasteiger partial charge in [-0.1, -0.05) is 24.3 Å². The molecule has 0 amide bonds. The van der Waals surface area contributed by atoms with Crippen LogP contribution in [0.4, 0.5) is 5.69 Å². The number of hydrogen-bond acceptors (Lipinski definition) is 4. The predicted molar refractivity (Wildman–Crippen MR) is 80.2 cm³/mol. The van der Waals surface area contributed by atoms with Crippen LogP contribution in [-0.4, -0.2) is 14.7 Å². The molecule has 0 unspecified atom stereocenters. The molecule has 0 saturated carbocycles. The molecule has 20 heavy (non-hydrogen) atoms. The molecular formula is C14H12N2O2S2. The Morgan fingerprint density at radius 3 is 2.45 bits per heavy atom. The number of para-hydroxylation sites is 1. The van der Waals surface area contributed by atoms with Crippen molar-refractivity contribution in [2.24, 2.45) is 0 Å². The van der Waals surface area contributed by atoms with Gasteiger partial charge in [-0.25, -0.2) is 8.42 Å². The van der Waals surface area contributed by atoms with Crippen LogP contribution < -0.4 is 4.72 Å². The molecule has 0 atom stereocenters. The lowest BCUT2D eigenvalue weighted by Gasteiger charge is -2.11. The normalized spacial score (nSPS) is 10.8. The average molecular weight is 304 g/mol. The topological polar surface area (TPSA) is 70.0 Å². The number of benzene rings is 2. The fraction of sp³-hybridized carbons (Fsp3) is 0.0714. The van der Waals surface area contributed by atoms with Crippen LogP contribution >= 0.6 is 11.8 Å². The smallest absolute Gasteiger partial charge is 0.263 e. The maximum absolute atomic E-state index is 12.4. The zero-order valence-corrected chi connectivity index (χ0v) is 12.3. The first kappa shape index (κ1) is 14.4. The molecule has 0 fully saturated rings. The van der Waals surface area contributed by atoms with Gasteiger partial charge in [0.15, 0.2) is 0 Å². The minimum absolute atomic E-state index is 0.0154. The number of rotatable bonds is 4. The lowest BCUT2D eigenvalue weighted by Crippen LogP contribution is -2.14. The van der Waals surface area contributed by atoms with Gasteiger partial charge in [-0.2, -0.15) is 5.26 Å². The summed E-state index contributed by atoms with van der Waals surface area (Å²) >= 11 is 1.45. The van der Waals surface area contributed by atoms with Gasteiger partial charge in [0, 0.05) is 4.90 Å². The van der Waals surface area contributed by atoms with E-state index in [1.54, 1.807) is 24.3 Å². The molecule has 0 bridgehead atoms. The quantitative estimate of drug-likeness (QED) is 0.881. The Balaban J connectivity index is 2.44. The maximum atomic E-state index is 12.4. The number of thioether (sulfide) groups is 1. The summed E-state index contributed by atoms with van der Waals surface area (Å²) in [6.07, 6.45) is 1.87. The van der Waals surface area contributed by atoms with Crippen LogP contribution in [0.1, 0.15) is 5.56 Å². The van der Waals surface area contributed by atoms with E-state index < -0.39 is 10.0 Å². The molecule has 102 valence electrons. The van der Waals surface area contributed by atoms with Crippen molar-refractivity contribution >= 4 is 27.5 Å². The summed E-state index contributed by atoms with van der Waals surface area (Å²) in [6.45, 7) is 0. The molecule has 0 spiro atoms. The Hall–Kier alpha value is -1.97. The molecule has 2 aromatic carbocycles. The van der Waals surface area contributed by atoms with Crippen molar-refractivity contribution < 1.29 is 8.42 Å². The van der Waals surface area contributed by atoms with Crippen molar-refractivity contribution in [1.82, 2.24) is 0 Å². The number of hydrogen-bond donors (Lipinski definition) is 1. The Labute approximate surface area is 122 Å². The van der Waals surface area contributed by atoms with Crippen LogP contribution in [0.15, 0.2) is 58.3 Å². The van der Waals surface area contributed by atoms with E-state index in [0.29, 0.717) is 5.69 Å². The van der Waals surface area contributed by atoms with E-state index in [9.17, 15) is 8.42 Å². The zero-order valence-electron chi connectivity index (χ0n) is 10.7. The fourth-order valence-electron chi connectivity index (χ4n) is 1.72. The van der Waals surface area contributed by atoms with Crippen molar-refractivity contribution in [3.05, 3.63) is 54.1 Å². The van der Waals surface area contributed by atoms with Gasteiger partial charge in [0.2, 0.25) is 0 Å². The Morgan fingerprint density at radius 2 is 1.75 bits per heavy atom. The third-order valence-corrected chi connectivity index (χ3v) is 4.87. The van der Waals surface area contributed by atoms with Gasteiger partial charge < -0.3 is 0 Å². The van der Waals surface area contributed by atoms with Gasteiger partial charge in [0.05, 0.1) is 11.3 Å². The summed E-state index contributed by atoms with van der Waals surface area (Å²) in [7, 11) is -3.77. The van der Waals surface area contributed by atoms with Crippen molar-refractivity contribution in [3.8, 4) is 6.07 Å². The Kier molecular flexibility index (Phi) is 4.32. The lowest BCUT2D eigenvalue weighted by molar-refractivity contribution is 0.601. The molecule has 0 aliphatic rings. The molecule has 0 aromatic heterocycles. The van der Waals surface area contributed by atoms with E-state index in [2.05, 4.69) is 4.72 Å². The van der Waals surface area contributed by atoms with Gasteiger partial charge in [0.1, 0.15) is 11.0 Å².